The van der Waals surface area contributed by atoms with E-state index in [0.717, 1.165) is 38.4 Å². The van der Waals surface area contributed by atoms with E-state index in [1.54, 1.807) is 12.1 Å². The average molecular weight is 260 g/mol. The highest BCUT2D eigenvalue weighted by atomic mass is 16.5. The molecule has 0 aromatic heterocycles. The third kappa shape index (κ3) is 4.55. The molecule has 2 rings (SSSR count). The summed E-state index contributed by atoms with van der Waals surface area (Å²) in [7, 11) is 0. The molecule has 0 radical (unpaired) electrons. The Morgan fingerprint density at radius 3 is 2.89 bits per heavy atom. The molecule has 102 valence electrons. The first-order chi connectivity index (χ1) is 9.28. The number of nitriles is 1. The molecule has 0 saturated carbocycles. The Bertz CT molecular complexity index is 425. The third-order valence-electron chi connectivity index (χ3n) is 3.20. The highest BCUT2D eigenvalue weighted by molar-refractivity contribution is 5.34. The summed E-state index contributed by atoms with van der Waals surface area (Å²) < 4.78 is 11.2. The van der Waals surface area contributed by atoms with Gasteiger partial charge in [-0.3, -0.25) is 4.90 Å². The third-order valence-corrected chi connectivity index (χ3v) is 3.20. The van der Waals surface area contributed by atoms with Crippen molar-refractivity contribution in [3.63, 3.8) is 0 Å². The predicted octanol–water partition coefficient (Wildman–Crippen LogP) is 2.05. The van der Waals surface area contributed by atoms with Crippen LogP contribution in [0.2, 0.25) is 0 Å². The fraction of sp³-hybridized carbons (Fsp3) is 0.533. The summed E-state index contributed by atoms with van der Waals surface area (Å²) in [5.41, 5.74) is 0.662. The lowest BCUT2D eigenvalue weighted by molar-refractivity contribution is -0.0193. The molecule has 19 heavy (non-hydrogen) atoms. The van der Waals surface area contributed by atoms with E-state index in [0.29, 0.717) is 18.3 Å². The van der Waals surface area contributed by atoms with Crippen LogP contribution in [0.15, 0.2) is 24.3 Å². The van der Waals surface area contributed by atoms with Crippen molar-refractivity contribution in [1.82, 2.24) is 4.90 Å². The van der Waals surface area contributed by atoms with Crippen LogP contribution in [0, 0.1) is 11.3 Å². The van der Waals surface area contributed by atoms with E-state index in [-0.39, 0.29) is 0 Å². The van der Waals surface area contributed by atoms with Crippen molar-refractivity contribution in [1.29, 1.82) is 5.26 Å². The fourth-order valence-electron chi connectivity index (χ4n) is 2.20. The summed E-state index contributed by atoms with van der Waals surface area (Å²) in [6.07, 6.45) is 1.35. The standard InChI is InChI=1S/C15H20N2O2/c1-13-12-17(8-10-18-13)7-2-9-19-15-5-3-14(11-16)4-6-15/h3-6,13H,2,7-10,12H2,1H3/t13-/m1/s1. The molecule has 1 fully saturated rings. The van der Waals surface area contributed by atoms with E-state index in [4.69, 9.17) is 14.7 Å². The minimum Gasteiger partial charge on any atom is -0.494 e. The molecule has 4 nitrogen and oxygen atoms in total. The van der Waals surface area contributed by atoms with Gasteiger partial charge in [0.1, 0.15) is 5.75 Å². The molecule has 0 spiro atoms. The maximum atomic E-state index is 8.70. The Labute approximate surface area is 114 Å². The van der Waals surface area contributed by atoms with E-state index >= 15 is 0 Å². The normalized spacial score (nSPS) is 19.9. The van der Waals surface area contributed by atoms with Crippen molar-refractivity contribution < 1.29 is 9.47 Å². The Morgan fingerprint density at radius 2 is 2.21 bits per heavy atom. The molecule has 1 saturated heterocycles. The summed E-state index contributed by atoms with van der Waals surface area (Å²) in [4.78, 5) is 2.41. The van der Waals surface area contributed by atoms with Gasteiger partial charge in [0, 0.05) is 19.6 Å². The molecule has 1 aliphatic rings. The summed E-state index contributed by atoms with van der Waals surface area (Å²) in [5, 5.41) is 8.70. The van der Waals surface area contributed by atoms with Gasteiger partial charge in [-0.15, -0.1) is 0 Å². The smallest absolute Gasteiger partial charge is 0.119 e. The molecule has 4 heteroatoms. The molecule has 1 aromatic carbocycles. The summed E-state index contributed by atoms with van der Waals surface area (Å²) >= 11 is 0. The van der Waals surface area contributed by atoms with Crippen molar-refractivity contribution in [2.75, 3.05) is 32.8 Å². The molecule has 0 N–H and O–H groups in total. The number of rotatable bonds is 5. The predicted molar refractivity (Wildman–Crippen MR) is 73.1 cm³/mol. The van der Waals surface area contributed by atoms with Gasteiger partial charge in [0.25, 0.3) is 0 Å². The summed E-state index contributed by atoms with van der Waals surface area (Å²) in [6.45, 7) is 6.72. The average Bonchev–Trinajstić information content (AvgIpc) is 2.44. The minimum absolute atomic E-state index is 0.341. The first kappa shape index (κ1) is 13.9. The van der Waals surface area contributed by atoms with Crippen molar-refractivity contribution in [3.05, 3.63) is 29.8 Å². The van der Waals surface area contributed by atoms with Gasteiger partial charge in [0.15, 0.2) is 0 Å². The van der Waals surface area contributed by atoms with Gasteiger partial charge in [-0.25, -0.2) is 0 Å². The van der Waals surface area contributed by atoms with Crippen molar-refractivity contribution in [2.24, 2.45) is 0 Å². The van der Waals surface area contributed by atoms with Crippen LogP contribution in [-0.4, -0.2) is 43.9 Å². The van der Waals surface area contributed by atoms with Gasteiger partial charge < -0.3 is 9.47 Å². The van der Waals surface area contributed by atoms with Crippen molar-refractivity contribution in [3.8, 4) is 11.8 Å². The molecular weight excluding hydrogens is 240 g/mol. The van der Waals surface area contributed by atoms with Gasteiger partial charge in [-0.1, -0.05) is 0 Å². The first-order valence-electron chi connectivity index (χ1n) is 6.75. The largest absolute Gasteiger partial charge is 0.494 e. The van der Waals surface area contributed by atoms with Crippen LogP contribution in [0.5, 0.6) is 5.75 Å². The van der Waals surface area contributed by atoms with E-state index in [1.165, 1.54) is 0 Å². The van der Waals surface area contributed by atoms with Crippen molar-refractivity contribution >= 4 is 0 Å². The number of hydrogen-bond donors (Lipinski definition) is 0. The van der Waals surface area contributed by atoms with Crippen LogP contribution >= 0.6 is 0 Å². The molecule has 0 amide bonds. The SMILES string of the molecule is C[C@@H]1CN(CCCOc2ccc(C#N)cc2)CCO1. The molecule has 0 unspecified atom stereocenters. The van der Waals surface area contributed by atoms with Crippen LogP contribution in [0.3, 0.4) is 0 Å². The minimum atomic E-state index is 0.341. The number of ether oxygens (including phenoxy) is 2. The van der Waals surface area contributed by atoms with Crippen LogP contribution in [-0.2, 0) is 4.74 Å². The van der Waals surface area contributed by atoms with Gasteiger partial charge >= 0.3 is 0 Å². The number of morpholine rings is 1. The molecule has 0 aliphatic carbocycles. The number of benzene rings is 1. The Kier molecular flexibility index (Phi) is 5.20. The Morgan fingerprint density at radius 1 is 1.42 bits per heavy atom. The van der Waals surface area contributed by atoms with E-state index in [2.05, 4.69) is 17.9 Å². The molecule has 1 atom stereocenters. The Balaban J connectivity index is 1.64. The van der Waals surface area contributed by atoms with Crippen molar-refractivity contribution in [2.45, 2.75) is 19.4 Å². The van der Waals surface area contributed by atoms with Crippen LogP contribution in [0.1, 0.15) is 18.9 Å². The van der Waals surface area contributed by atoms with Crippen LogP contribution in [0.25, 0.3) is 0 Å². The quantitative estimate of drug-likeness (QED) is 0.760. The second-order valence-electron chi connectivity index (χ2n) is 4.82. The van der Waals surface area contributed by atoms with Crippen LogP contribution in [0.4, 0.5) is 0 Å². The summed E-state index contributed by atoms with van der Waals surface area (Å²) in [5.74, 6) is 0.828. The molecule has 0 bridgehead atoms. The van der Waals surface area contributed by atoms with E-state index in [1.807, 2.05) is 12.1 Å². The van der Waals surface area contributed by atoms with Crippen LogP contribution < -0.4 is 4.74 Å². The summed E-state index contributed by atoms with van der Waals surface area (Å²) in [6, 6.07) is 9.33. The fourth-order valence-corrected chi connectivity index (χ4v) is 2.20. The van der Waals surface area contributed by atoms with Gasteiger partial charge in [0.2, 0.25) is 0 Å². The number of hydrogen-bond acceptors (Lipinski definition) is 4. The highest BCUT2D eigenvalue weighted by Gasteiger charge is 2.15. The Hall–Kier alpha value is -1.57. The second-order valence-corrected chi connectivity index (χ2v) is 4.82. The highest BCUT2D eigenvalue weighted by Crippen LogP contribution is 2.12. The van der Waals surface area contributed by atoms with Gasteiger partial charge in [0.05, 0.1) is 31.0 Å². The number of nitrogens with zero attached hydrogens (tertiary/aromatic N) is 2. The first-order valence-corrected chi connectivity index (χ1v) is 6.75. The molecule has 1 heterocycles. The van der Waals surface area contributed by atoms with Gasteiger partial charge in [-0.05, 0) is 37.6 Å². The van der Waals surface area contributed by atoms with E-state index < -0.39 is 0 Å². The lowest BCUT2D eigenvalue weighted by Gasteiger charge is -2.30. The zero-order chi connectivity index (χ0) is 13.5. The van der Waals surface area contributed by atoms with Gasteiger partial charge in [-0.2, -0.15) is 5.26 Å². The lowest BCUT2D eigenvalue weighted by atomic mass is 10.2. The molecule has 1 aliphatic heterocycles. The topological polar surface area (TPSA) is 45.5 Å². The maximum absolute atomic E-state index is 8.70. The molecular formula is C15H20N2O2. The zero-order valence-corrected chi connectivity index (χ0v) is 11.3. The maximum Gasteiger partial charge on any atom is 0.119 e. The zero-order valence-electron chi connectivity index (χ0n) is 11.3. The molecule has 1 aromatic rings. The lowest BCUT2D eigenvalue weighted by Crippen LogP contribution is -2.41. The van der Waals surface area contributed by atoms with E-state index in [9.17, 15) is 0 Å². The monoisotopic (exact) mass is 260 g/mol. The second kappa shape index (κ2) is 7.13.